The summed E-state index contributed by atoms with van der Waals surface area (Å²) in [6, 6.07) is 13.4. The Labute approximate surface area is 140 Å². The number of hydrogen-bond donors (Lipinski definition) is 0. The number of sulfonamides is 1. The molecule has 1 heterocycles. The monoisotopic (exact) mass is 353 g/mol. The second kappa shape index (κ2) is 6.88. The van der Waals surface area contributed by atoms with Crippen LogP contribution in [0.1, 0.15) is 0 Å². The largest absolute Gasteiger partial charge is 0.457 e. The van der Waals surface area contributed by atoms with Gasteiger partial charge in [0.2, 0.25) is 10.0 Å². The summed E-state index contributed by atoms with van der Waals surface area (Å²) in [6.45, 7) is 1.57. The molecule has 0 unspecified atom stereocenters. The second-order valence-electron chi connectivity index (χ2n) is 5.05. The lowest BCUT2D eigenvalue weighted by atomic mass is 10.3. The van der Waals surface area contributed by atoms with Crippen LogP contribution in [0.25, 0.3) is 0 Å². The molecule has 0 amide bonds. The van der Waals surface area contributed by atoms with E-state index < -0.39 is 10.0 Å². The molecule has 0 aliphatic carbocycles. The van der Waals surface area contributed by atoms with E-state index in [1.165, 1.54) is 10.4 Å². The SMILES string of the molecule is O=S(=O)(c1cccc(Oc2ccc(Cl)cc2)c1)N1CCOCC1. The van der Waals surface area contributed by atoms with Crippen LogP contribution in [-0.4, -0.2) is 39.0 Å². The van der Waals surface area contributed by atoms with E-state index in [1.54, 1.807) is 42.5 Å². The van der Waals surface area contributed by atoms with Crippen molar-refractivity contribution in [2.75, 3.05) is 26.3 Å². The Bertz CT molecular complexity index is 771. The summed E-state index contributed by atoms with van der Waals surface area (Å²) in [5, 5.41) is 0.612. The Morgan fingerprint density at radius 2 is 1.70 bits per heavy atom. The van der Waals surface area contributed by atoms with Crippen LogP contribution in [-0.2, 0) is 14.8 Å². The van der Waals surface area contributed by atoms with Crippen molar-refractivity contribution < 1.29 is 17.9 Å². The van der Waals surface area contributed by atoms with Gasteiger partial charge in [-0.25, -0.2) is 8.42 Å². The van der Waals surface area contributed by atoms with E-state index in [0.717, 1.165) is 0 Å². The predicted octanol–water partition coefficient (Wildman–Crippen LogP) is 3.15. The van der Waals surface area contributed by atoms with Gasteiger partial charge in [-0.1, -0.05) is 17.7 Å². The van der Waals surface area contributed by atoms with Crippen molar-refractivity contribution in [1.29, 1.82) is 0 Å². The maximum Gasteiger partial charge on any atom is 0.243 e. The van der Waals surface area contributed by atoms with E-state index in [1.807, 2.05) is 0 Å². The van der Waals surface area contributed by atoms with E-state index in [4.69, 9.17) is 21.1 Å². The van der Waals surface area contributed by atoms with Crippen LogP contribution < -0.4 is 4.74 Å². The van der Waals surface area contributed by atoms with Gasteiger partial charge in [0.25, 0.3) is 0 Å². The van der Waals surface area contributed by atoms with Crippen LogP contribution in [0.2, 0.25) is 5.02 Å². The van der Waals surface area contributed by atoms with Crippen molar-refractivity contribution in [2.24, 2.45) is 0 Å². The van der Waals surface area contributed by atoms with Crippen LogP contribution >= 0.6 is 11.6 Å². The maximum atomic E-state index is 12.6. The molecule has 5 nitrogen and oxygen atoms in total. The maximum absolute atomic E-state index is 12.6. The second-order valence-corrected chi connectivity index (χ2v) is 7.42. The van der Waals surface area contributed by atoms with Gasteiger partial charge < -0.3 is 9.47 Å². The lowest BCUT2D eigenvalue weighted by Crippen LogP contribution is -2.40. The van der Waals surface area contributed by atoms with Crippen molar-refractivity contribution in [3.05, 3.63) is 53.6 Å². The van der Waals surface area contributed by atoms with Crippen molar-refractivity contribution in [3.63, 3.8) is 0 Å². The van der Waals surface area contributed by atoms with E-state index in [-0.39, 0.29) is 4.90 Å². The first-order valence-corrected chi connectivity index (χ1v) is 8.99. The molecule has 1 aliphatic heterocycles. The van der Waals surface area contributed by atoms with E-state index in [2.05, 4.69) is 0 Å². The van der Waals surface area contributed by atoms with Crippen LogP contribution in [0.4, 0.5) is 0 Å². The van der Waals surface area contributed by atoms with Crippen LogP contribution in [0, 0.1) is 0 Å². The molecule has 2 aromatic carbocycles. The summed E-state index contributed by atoms with van der Waals surface area (Å²) in [5.74, 6) is 1.05. The highest BCUT2D eigenvalue weighted by atomic mass is 35.5. The Hall–Kier alpha value is -1.60. The molecule has 122 valence electrons. The van der Waals surface area contributed by atoms with Gasteiger partial charge in [0, 0.05) is 24.2 Å². The van der Waals surface area contributed by atoms with Gasteiger partial charge in [-0.2, -0.15) is 4.31 Å². The molecule has 3 rings (SSSR count). The topological polar surface area (TPSA) is 55.8 Å². The molecule has 1 aliphatic rings. The Morgan fingerprint density at radius 1 is 1.00 bits per heavy atom. The molecule has 7 heteroatoms. The zero-order chi connectivity index (χ0) is 16.3. The average molecular weight is 354 g/mol. The van der Waals surface area contributed by atoms with Gasteiger partial charge in [0.1, 0.15) is 11.5 Å². The van der Waals surface area contributed by atoms with Crippen molar-refractivity contribution >= 4 is 21.6 Å². The normalized spacial score (nSPS) is 16.2. The number of morpholine rings is 1. The number of ether oxygens (including phenoxy) is 2. The first kappa shape index (κ1) is 16.3. The fourth-order valence-electron chi connectivity index (χ4n) is 2.27. The molecule has 23 heavy (non-hydrogen) atoms. The zero-order valence-corrected chi connectivity index (χ0v) is 13.9. The van der Waals surface area contributed by atoms with Gasteiger partial charge in [-0.3, -0.25) is 0 Å². The minimum Gasteiger partial charge on any atom is -0.457 e. The van der Waals surface area contributed by atoms with Crippen LogP contribution in [0.3, 0.4) is 0 Å². The third kappa shape index (κ3) is 3.84. The summed E-state index contributed by atoms with van der Waals surface area (Å²) in [7, 11) is -3.53. The van der Waals surface area contributed by atoms with Gasteiger partial charge in [-0.05, 0) is 36.4 Å². The summed E-state index contributed by atoms with van der Waals surface area (Å²) in [5.41, 5.74) is 0. The summed E-state index contributed by atoms with van der Waals surface area (Å²) in [4.78, 5) is 0.214. The molecule has 0 spiro atoms. The van der Waals surface area contributed by atoms with Gasteiger partial charge in [0.05, 0.1) is 18.1 Å². The van der Waals surface area contributed by atoms with E-state index in [0.29, 0.717) is 42.8 Å². The number of halogens is 1. The molecule has 2 aromatic rings. The molecule has 1 saturated heterocycles. The third-order valence-electron chi connectivity index (χ3n) is 3.46. The fraction of sp³-hybridized carbons (Fsp3) is 0.250. The van der Waals surface area contributed by atoms with Gasteiger partial charge in [0.15, 0.2) is 0 Å². The minimum absolute atomic E-state index is 0.214. The summed E-state index contributed by atoms with van der Waals surface area (Å²) < 4.78 is 37.6. The predicted molar refractivity (Wildman–Crippen MR) is 87.5 cm³/mol. The van der Waals surface area contributed by atoms with E-state index in [9.17, 15) is 8.42 Å². The van der Waals surface area contributed by atoms with Crippen LogP contribution in [0.15, 0.2) is 53.4 Å². The quantitative estimate of drug-likeness (QED) is 0.847. The Kier molecular flexibility index (Phi) is 4.87. The number of hydrogen-bond acceptors (Lipinski definition) is 4. The zero-order valence-electron chi connectivity index (χ0n) is 12.3. The summed E-state index contributed by atoms with van der Waals surface area (Å²) >= 11 is 5.84. The third-order valence-corrected chi connectivity index (χ3v) is 5.61. The van der Waals surface area contributed by atoms with Gasteiger partial charge >= 0.3 is 0 Å². The Balaban J connectivity index is 1.82. The van der Waals surface area contributed by atoms with Crippen molar-refractivity contribution in [1.82, 2.24) is 4.31 Å². The lowest BCUT2D eigenvalue weighted by molar-refractivity contribution is 0.0730. The molecular weight excluding hydrogens is 338 g/mol. The van der Waals surface area contributed by atoms with Crippen LogP contribution in [0.5, 0.6) is 11.5 Å². The standard InChI is InChI=1S/C16H16ClNO4S/c17-13-4-6-14(7-5-13)22-15-2-1-3-16(12-15)23(19,20)18-8-10-21-11-9-18/h1-7,12H,8-11H2. The first-order valence-electron chi connectivity index (χ1n) is 7.17. The average Bonchev–Trinajstić information content (AvgIpc) is 2.58. The fourth-order valence-corrected chi connectivity index (χ4v) is 3.84. The minimum atomic E-state index is -3.53. The molecular formula is C16H16ClNO4S. The first-order chi connectivity index (χ1) is 11.1. The lowest BCUT2D eigenvalue weighted by Gasteiger charge is -2.26. The molecule has 0 radical (unpaired) electrons. The molecule has 0 N–H and O–H groups in total. The van der Waals surface area contributed by atoms with E-state index >= 15 is 0 Å². The highest BCUT2D eigenvalue weighted by molar-refractivity contribution is 7.89. The Morgan fingerprint density at radius 3 is 2.39 bits per heavy atom. The highest BCUT2D eigenvalue weighted by Crippen LogP contribution is 2.26. The smallest absolute Gasteiger partial charge is 0.243 e. The molecule has 0 bridgehead atoms. The van der Waals surface area contributed by atoms with Crippen molar-refractivity contribution in [2.45, 2.75) is 4.90 Å². The molecule has 0 saturated carbocycles. The number of benzene rings is 2. The number of rotatable bonds is 4. The van der Waals surface area contributed by atoms with Crippen molar-refractivity contribution in [3.8, 4) is 11.5 Å². The highest BCUT2D eigenvalue weighted by Gasteiger charge is 2.26. The molecule has 1 fully saturated rings. The molecule has 0 aromatic heterocycles. The van der Waals surface area contributed by atoms with Gasteiger partial charge in [-0.15, -0.1) is 0 Å². The number of nitrogens with zero attached hydrogens (tertiary/aromatic N) is 1. The summed E-state index contributed by atoms with van der Waals surface area (Å²) in [6.07, 6.45) is 0. The molecule has 0 atom stereocenters.